The molecule has 0 radical (unpaired) electrons. The molecular formula is C14H10N4O7. The highest BCUT2D eigenvalue weighted by Crippen LogP contribution is 2.38. The van der Waals surface area contributed by atoms with Crippen LogP contribution in [-0.2, 0) is 7.05 Å². The molecule has 25 heavy (non-hydrogen) atoms. The Hall–Kier alpha value is -3.76. The van der Waals surface area contributed by atoms with Crippen molar-refractivity contribution in [2.45, 2.75) is 0 Å². The van der Waals surface area contributed by atoms with Crippen LogP contribution in [0.1, 0.15) is 16.1 Å². The first-order chi connectivity index (χ1) is 11.9. The molecule has 1 aliphatic rings. The average molecular weight is 346 g/mol. The number of ketones is 1. The summed E-state index contributed by atoms with van der Waals surface area (Å²) in [6, 6.07) is 2.55. The van der Waals surface area contributed by atoms with Gasteiger partial charge in [0.05, 0.1) is 21.5 Å². The number of nitrogens with zero attached hydrogens (tertiary/aromatic N) is 4. The van der Waals surface area contributed by atoms with Crippen LogP contribution in [0.5, 0.6) is 11.5 Å². The average Bonchev–Trinajstić information content (AvgIpc) is 3.17. The van der Waals surface area contributed by atoms with Gasteiger partial charge in [0.25, 0.3) is 5.69 Å². The Labute approximate surface area is 139 Å². The molecule has 0 bridgehead atoms. The van der Waals surface area contributed by atoms with Gasteiger partial charge in [-0.3, -0.25) is 29.7 Å². The highest BCUT2D eigenvalue weighted by Gasteiger charge is 2.25. The maximum atomic E-state index is 12.2. The third kappa shape index (κ3) is 3.02. The normalized spacial score (nSPS) is 12.5. The first kappa shape index (κ1) is 16.1. The highest BCUT2D eigenvalue weighted by atomic mass is 16.7. The Kier molecular flexibility index (Phi) is 3.89. The van der Waals surface area contributed by atoms with Crippen molar-refractivity contribution in [3.8, 4) is 11.5 Å². The number of aryl methyl sites for hydroxylation is 1. The van der Waals surface area contributed by atoms with Crippen LogP contribution in [0.15, 0.2) is 24.4 Å². The lowest BCUT2D eigenvalue weighted by Gasteiger charge is -2.00. The van der Waals surface area contributed by atoms with E-state index in [0.717, 1.165) is 17.0 Å². The van der Waals surface area contributed by atoms with Crippen molar-refractivity contribution in [2.24, 2.45) is 7.05 Å². The largest absolute Gasteiger partial charge is 0.454 e. The number of carbonyl (C=O) groups is 1. The zero-order valence-electron chi connectivity index (χ0n) is 12.7. The van der Waals surface area contributed by atoms with Crippen molar-refractivity contribution < 1.29 is 24.1 Å². The minimum atomic E-state index is -0.751. The van der Waals surface area contributed by atoms with Gasteiger partial charge in [0, 0.05) is 7.05 Å². The molecule has 0 N–H and O–H groups in total. The van der Waals surface area contributed by atoms with Gasteiger partial charge < -0.3 is 9.47 Å². The molecule has 1 aromatic carbocycles. The van der Waals surface area contributed by atoms with E-state index in [0.29, 0.717) is 5.75 Å². The second-order valence-corrected chi connectivity index (χ2v) is 5.01. The summed E-state index contributed by atoms with van der Waals surface area (Å²) >= 11 is 0. The molecule has 0 amide bonds. The molecule has 0 saturated heterocycles. The van der Waals surface area contributed by atoms with E-state index in [4.69, 9.17) is 9.47 Å². The maximum absolute atomic E-state index is 12.2. The number of nitro groups is 2. The molecule has 0 atom stereocenters. The van der Waals surface area contributed by atoms with Crippen LogP contribution < -0.4 is 9.47 Å². The van der Waals surface area contributed by atoms with E-state index in [1.54, 1.807) is 0 Å². The Morgan fingerprint density at radius 1 is 1.20 bits per heavy atom. The lowest BCUT2D eigenvalue weighted by molar-refractivity contribution is -0.385. The molecule has 0 spiro atoms. The highest BCUT2D eigenvalue weighted by molar-refractivity contribution is 6.08. The second kappa shape index (κ2) is 6.03. The summed E-state index contributed by atoms with van der Waals surface area (Å²) < 4.78 is 11.4. The van der Waals surface area contributed by atoms with Crippen molar-refractivity contribution in [3.63, 3.8) is 0 Å². The minimum absolute atomic E-state index is 0.0568. The number of nitro benzene ring substituents is 1. The zero-order chi connectivity index (χ0) is 18.1. The predicted molar refractivity (Wildman–Crippen MR) is 82.4 cm³/mol. The number of aromatic nitrogens is 2. The van der Waals surface area contributed by atoms with Gasteiger partial charge in [-0.1, -0.05) is 0 Å². The van der Waals surface area contributed by atoms with Crippen LogP contribution in [0, 0.1) is 20.2 Å². The van der Waals surface area contributed by atoms with E-state index in [2.05, 4.69) is 5.10 Å². The van der Waals surface area contributed by atoms with Gasteiger partial charge in [0.2, 0.25) is 18.3 Å². The Morgan fingerprint density at radius 3 is 2.48 bits per heavy atom. The van der Waals surface area contributed by atoms with Crippen LogP contribution in [0.2, 0.25) is 0 Å². The molecule has 3 rings (SSSR count). The van der Waals surface area contributed by atoms with Gasteiger partial charge in [-0.15, -0.1) is 0 Å². The monoisotopic (exact) mass is 346 g/mol. The quantitative estimate of drug-likeness (QED) is 0.346. The first-order valence-electron chi connectivity index (χ1n) is 6.85. The SMILES string of the molecule is Cn1cc([N+](=O)[O-])c(C(=O)/C=C/c2cc3c(cc2[N+](=O)[O-])OCO3)n1. The molecule has 1 aliphatic heterocycles. The Balaban J connectivity index is 1.96. The fourth-order valence-electron chi connectivity index (χ4n) is 2.27. The molecule has 0 aliphatic carbocycles. The molecule has 0 unspecified atom stereocenters. The van der Waals surface area contributed by atoms with Gasteiger partial charge in [0.1, 0.15) is 6.20 Å². The lowest BCUT2D eigenvalue weighted by Crippen LogP contribution is -2.01. The minimum Gasteiger partial charge on any atom is -0.454 e. The number of carbonyl (C=O) groups excluding carboxylic acids is 1. The van der Waals surface area contributed by atoms with Crippen molar-refractivity contribution in [3.05, 3.63) is 55.9 Å². The Bertz CT molecular complexity index is 932. The van der Waals surface area contributed by atoms with Crippen LogP contribution in [0.3, 0.4) is 0 Å². The van der Waals surface area contributed by atoms with E-state index in [1.807, 2.05) is 0 Å². The second-order valence-electron chi connectivity index (χ2n) is 5.01. The summed E-state index contributed by atoms with van der Waals surface area (Å²) in [7, 11) is 1.44. The third-order valence-electron chi connectivity index (χ3n) is 3.37. The van der Waals surface area contributed by atoms with E-state index in [1.165, 1.54) is 25.3 Å². The third-order valence-corrected chi connectivity index (χ3v) is 3.37. The summed E-state index contributed by atoms with van der Waals surface area (Å²) in [5.74, 6) is -0.212. The van der Waals surface area contributed by atoms with Crippen molar-refractivity contribution in [2.75, 3.05) is 6.79 Å². The standard InChI is InChI=1S/C14H10N4O7/c1-16-6-10(18(22)23)14(15-16)11(19)3-2-8-4-12-13(25-7-24-12)5-9(8)17(20)21/h2-6H,7H2,1H3/b3-2+. The molecule has 11 nitrogen and oxygen atoms in total. The lowest BCUT2D eigenvalue weighted by atomic mass is 10.1. The number of hydrogen-bond donors (Lipinski definition) is 0. The molecule has 0 fully saturated rings. The topological polar surface area (TPSA) is 140 Å². The number of ether oxygens (including phenoxy) is 2. The maximum Gasteiger partial charge on any atom is 0.318 e. The number of allylic oxidation sites excluding steroid dienone is 1. The van der Waals surface area contributed by atoms with Crippen LogP contribution in [-0.4, -0.2) is 32.2 Å². The van der Waals surface area contributed by atoms with Gasteiger partial charge in [-0.2, -0.15) is 5.10 Å². The van der Waals surface area contributed by atoms with Crippen LogP contribution in [0.4, 0.5) is 11.4 Å². The van der Waals surface area contributed by atoms with Gasteiger partial charge in [-0.05, 0) is 18.2 Å². The number of hydrogen-bond acceptors (Lipinski definition) is 8. The van der Waals surface area contributed by atoms with Gasteiger partial charge in [0.15, 0.2) is 11.5 Å². The van der Waals surface area contributed by atoms with Gasteiger partial charge in [-0.25, -0.2) is 0 Å². The van der Waals surface area contributed by atoms with Crippen LogP contribution in [0.25, 0.3) is 6.08 Å². The molecule has 11 heteroatoms. The first-order valence-corrected chi connectivity index (χ1v) is 6.85. The van der Waals surface area contributed by atoms with Crippen molar-refractivity contribution in [1.82, 2.24) is 9.78 Å². The fraction of sp³-hybridized carbons (Fsp3) is 0.143. The predicted octanol–water partition coefficient (Wildman–Crippen LogP) is 1.86. The van der Waals surface area contributed by atoms with E-state index in [9.17, 15) is 25.0 Å². The smallest absolute Gasteiger partial charge is 0.318 e. The van der Waals surface area contributed by atoms with Crippen molar-refractivity contribution in [1.29, 1.82) is 0 Å². The molecule has 2 aromatic rings. The summed E-state index contributed by atoms with van der Waals surface area (Å²) in [6.07, 6.45) is 3.27. The van der Waals surface area contributed by atoms with E-state index < -0.39 is 21.3 Å². The summed E-state index contributed by atoms with van der Waals surface area (Å²) in [6.45, 7) is -0.0568. The Morgan fingerprint density at radius 2 is 1.84 bits per heavy atom. The van der Waals surface area contributed by atoms with E-state index >= 15 is 0 Å². The summed E-state index contributed by atoms with van der Waals surface area (Å²) in [4.78, 5) is 32.9. The summed E-state index contributed by atoms with van der Waals surface area (Å²) in [5, 5.41) is 25.9. The molecule has 128 valence electrons. The number of rotatable bonds is 5. The molecule has 0 saturated carbocycles. The number of fused-ring (bicyclic) bond motifs is 1. The summed E-state index contributed by atoms with van der Waals surface area (Å²) in [5.41, 5.74) is -0.991. The molecule has 2 heterocycles. The van der Waals surface area contributed by atoms with Crippen LogP contribution >= 0.6 is 0 Å². The van der Waals surface area contributed by atoms with Gasteiger partial charge >= 0.3 is 5.69 Å². The molecule has 1 aromatic heterocycles. The fourth-order valence-corrected chi connectivity index (χ4v) is 2.27. The molecular weight excluding hydrogens is 336 g/mol. The van der Waals surface area contributed by atoms with Crippen molar-refractivity contribution >= 4 is 23.2 Å². The zero-order valence-corrected chi connectivity index (χ0v) is 12.7. The number of benzene rings is 1. The van der Waals surface area contributed by atoms with E-state index in [-0.39, 0.29) is 29.5 Å².